The summed E-state index contributed by atoms with van der Waals surface area (Å²) in [5.74, 6) is 0. The van der Waals surface area contributed by atoms with Gasteiger partial charge in [-0.1, -0.05) is 113 Å². The van der Waals surface area contributed by atoms with Crippen molar-refractivity contribution in [1.29, 1.82) is 0 Å². The topological polar surface area (TPSA) is 3.24 Å². The smallest absolute Gasteiger partial charge is 0.00535 e. The van der Waals surface area contributed by atoms with Crippen molar-refractivity contribution in [2.24, 2.45) is 0 Å². The van der Waals surface area contributed by atoms with Crippen LogP contribution in [-0.2, 0) is 0 Å². The fourth-order valence-corrected chi connectivity index (χ4v) is 5.58. The van der Waals surface area contributed by atoms with Gasteiger partial charge in [0.2, 0.25) is 0 Å². The summed E-state index contributed by atoms with van der Waals surface area (Å²) in [5.41, 5.74) is 1.41. The molecule has 0 spiro atoms. The van der Waals surface area contributed by atoms with Crippen molar-refractivity contribution in [3.8, 4) is 0 Å². The quantitative estimate of drug-likeness (QED) is 0.455. The second kappa shape index (κ2) is 10.5. The van der Waals surface area contributed by atoms with E-state index < -0.39 is 7.92 Å². The minimum absolute atomic E-state index is 0.446. The zero-order valence-corrected chi connectivity index (χ0v) is 17.7. The summed E-state index contributed by atoms with van der Waals surface area (Å²) >= 11 is 0. The van der Waals surface area contributed by atoms with Gasteiger partial charge in [0.15, 0.2) is 0 Å². The van der Waals surface area contributed by atoms with E-state index >= 15 is 0 Å². The van der Waals surface area contributed by atoms with Gasteiger partial charge < -0.3 is 0 Å². The summed E-state index contributed by atoms with van der Waals surface area (Å²) in [4.78, 5) is 0. The Morgan fingerprint density at radius 1 is 0.630 bits per heavy atom. The van der Waals surface area contributed by atoms with Crippen molar-refractivity contribution in [1.82, 2.24) is 4.67 Å². The second-order valence-electron chi connectivity index (χ2n) is 6.63. The van der Waals surface area contributed by atoms with Crippen LogP contribution in [0.3, 0.4) is 0 Å². The largest absolute Gasteiger partial charge is 0.287 e. The molecule has 0 N–H and O–H groups in total. The standard InChI is InChI=1S/C18H15P.C6H12NP/c1-4-10-16(11-5-1)19(17-12-6-2-7-13-17)18-14-8-3-9-15-18;1-6-2-4-7(8)5-3-6/h1-15H;1-5,8H2. The molecule has 0 radical (unpaired) electrons. The number of rotatable bonds is 3. The van der Waals surface area contributed by atoms with Crippen molar-refractivity contribution in [3.63, 3.8) is 0 Å². The average Bonchev–Trinajstić information content (AvgIpc) is 2.73. The Morgan fingerprint density at radius 2 is 0.963 bits per heavy atom. The fourth-order valence-electron chi connectivity index (χ4n) is 3.02. The zero-order chi connectivity index (χ0) is 18.9. The van der Waals surface area contributed by atoms with Gasteiger partial charge in [-0.15, -0.1) is 0 Å². The molecule has 1 aliphatic rings. The molecule has 0 aliphatic carbocycles. The first kappa shape index (κ1) is 20.0. The van der Waals surface area contributed by atoms with Gasteiger partial charge in [-0.25, -0.2) is 0 Å². The van der Waals surface area contributed by atoms with Gasteiger partial charge in [-0.2, -0.15) is 0 Å². The number of nitrogens with zero attached hydrogens (tertiary/aromatic N) is 1. The number of piperidine rings is 1. The molecule has 1 unspecified atom stereocenters. The van der Waals surface area contributed by atoms with Crippen LogP contribution in [0, 0.1) is 0 Å². The lowest BCUT2D eigenvalue weighted by molar-refractivity contribution is 0.434. The Kier molecular flexibility index (Phi) is 7.79. The minimum Gasteiger partial charge on any atom is -0.287 e. The molecule has 0 saturated carbocycles. The van der Waals surface area contributed by atoms with Crippen molar-refractivity contribution < 1.29 is 0 Å². The third kappa shape index (κ3) is 6.12. The van der Waals surface area contributed by atoms with Gasteiger partial charge in [-0.3, -0.25) is 4.67 Å². The molecule has 3 aromatic carbocycles. The lowest BCUT2D eigenvalue weighted by Gasteiger charge is -2.22. The molecule has 138 valence electrons. The third-order valence-electron chi connectivity index (χ3n) is 4.55. The first-order valence-corrected chi connectivity index (χ1v) is 11.2. The Balaban J connectivity index is 0.000000221. The van der Waals surface area contributed by atoms with Crippen LogP contribution in [0.5, 0.6) is 0 Å². The lowest BCUT2D eigenvalue weighted by atomic mass is 10.1. The van der Waals surface area contributed by atoms with Crippen LogP contribution in [0.4, 0.5) is 0 Å². The molecule has 1 fully saturated rings. The van der Waals surface area contributed by atoms with E-state index in [4.69, 9.17) is 0 Å². The molecule has 4 rings (SSSR count). The summed E-state index contributed by atoms with van der Waals surface area (Å²) in [6.45, 7) is 6.25. The molecule has 1 atom stereocenters. The monoisotopic (exact) mass is 391 g/mol. The number of hydrogen-bond acceptors (Lipinski definition) is 1. The maximum atomic E-state index is 3.91. The SMILES string of the molecule is C=C1CCN(P)CC1.c1ccc(P(c2ccccc2)c2ccccc2)cc1. The molecular formula is C24H27NP2. The van der Waals surface area contributed by atoms with Crippen LogP contribution in [0.2, 0.25) is 0 Å². The van der Waals surface area contributed by atoms with Crippen molar-refractivity contribution in [3.05, 3.63) is 103 Å². The van der Waals surface area contributed by atoms with E-state index in [1.54, 1.807) is 0 Å². The van der Waals surface area contributed by atoms with Gasteiger partial charge in [-0.05, 0) is 36.7 Å². The molecule has 1 aliphatic heterocycles. The highest BCUT2D eigenvalue weighted by molar-refractivity contribution is 7.79. The van der Waals surface area contributed by atoms with E-state index in [1.165, 1.54) is 47.4 Å². The van der Waals surface area contributed by atoms with Crippen molar-refractivity contribution in [2.45, 2.75) is 12.8 Å². The molecule has 1 nitrogen and oxygen atoms in total. The molecule has 3 aromatic rings. The average molecular weight is 391 g/mol. The van der Waals surface area contributed by atoms with Gasteiger partial charge >= 0.3 is 0 Å². The van der Waals surface area contributed by atoms with Gasteiger partial charge in [0.25, 0.3) is 0 Å². The highest BCUT2D eigenvalue weighted by Crippen LogP contribution is 2.32. The second-order valence-corrected chi connectivity index (χ2v) is 9.58. The van der Waals surface area contributed by atoms with Crippen LogP contribution in [0.1, 0.15) is 12.8 Å². The summed E-state index contributed by atoms with van der Waals surface area (Å²) in [6, 6.07) is 32.3. The summed E-state index contributed by atoms with van der Waals surface area (Å²) in [6.07, 6.45) is 2.37. The predicted octanol–water partition coefficient (Wildman–Crippen LogP) is 4.87. The van der Waals surface area contributed by atoms with Crippen LogP contribution in [0.15, 0.2) is 103 Å². The van der Waals surface area contributed by atoms with Crippen LogP contribution in [0.25, 0.3) is 0 Å². The summed E-state index contributed by atoms with van der Waals surface area (Å²) in [7, 11) is 2.27. The van der Waals surface area contributed by atoms with Crippen LogP contribution >= 0.6 is 17.3 Å². The molecule has 1 saturated heterocycles. The van der Waals surface area contributed by atoms with E-state index in [-0.39, 0.29) is 0 Å². The van der Waals surface area contributed by atoms with E-state index in [9.17, 15) is 0 Å². The number of hydrogen-bond donors (Lipinski definition) is 0. The maximum Gasteiger partial charge on any atom is 0.00535 e. The van der Waals surface area contributed by atoms with Crippen molar-refractivity contribution >= 4 is 33.2 Å². The number of benzene rings is 3. The fraction of sp³-hybridized carbons (Fsp3) is 0.167. The summed E-state index contributed by atoms with van der Waals surface area (Å²) < 4.78 is 2.26. The first-order chi connectivity index (χ1) is 13.2. The normalized spacial score (nSPS) is 14.5. The lowest BCUT2D eigenvalue weighted by Crippen LogP contribution is -2.20. The molecule has 3 heteroatoms. The van der Waals surface area contributed by atoms with Gasteiger partial charge in [0, 0.05) is 13.1 Å². The van der Waals surface area contributed by atoms with E-state index in [1.807, 2.05) is 0 Å². The molecule has 27 heavy (non-hydrogen) atoms. The molecule has 0 aromatic heterocycles. The first-order valence-electron chi connectivity index (χ1n) is 9.35. The Bertz CT molecular complexity index is 715. The van der Waals surface area contributed by atoms with E-state index in [2.05, 4.69) is 112 Å². The highest BCUT2D eigenvalue weighted by Gasteiger charge is 2.15. The minimum atomic E-state index is -0.446. The van der Waals surface area contributed by atoms with E-state index in [0.29, 0.717) is 0 Å². The van der Waals surface area contributed by atoms with Crippen LogP contribution in [-0.4, -0.2) is 17.8 Å². The van der Waals surface area contributed by atoms with Gasteiger partial charge in [0.1, 0.15) is 0 Å². The van der Waals surface area contributed by atoms with E-state index in [0.717, 1.165) is 0 Å². The zero-order valence-electron chi connectivity index (χ0n) is 15.7. The Labute approximate surface area is 167 Å². The van der Waals surface area contributed by atoms with Crippen molar-refractivity contribution in [2.75, 3.05) is 13.1 Å². The van der Waals surface area contributed by atoms with Gasteiger partial charge in [0.05, 0.1) is 0 Å². The Hall–Kier alpha value is -1.78. The summed E-state index contributed by atoms with van der Waals surface area (Å²) in [5, 5.41) is 4.19. The van der Waals surface area contributed by atoms with Crippen LogP contribution < -0.4 is 15.9 Å². The molecule has 0 amide bonds. The molecule has 0 bridgehead atoms. The predicted molar refractivity (Wildman–Crippen MR) is 125 cm³/mol. The molecule has 1 heterocycles. The maximum absolute atomic E-state index is 3.91. The highest BCUT2D eigenvalue weighted by atomic mass is 31.1. The Morgan fingerprint density at radius 3 is 1.26 bits per heavy atom. The molecular weight excluding hydrogens is 364 g/mol. The third-order valence-corrected chi connectivity index (χ3v) is 7.51.